The van der Waals surface area contributed by atoms with E-state index in [0.29, 0.717) is 28.9 Å². The second kappa shape index (κ2) is 11.2. The molecule has 0 radical (unpaired) electrons. The van der Waals surface area contributed by atoms with Crippen LogP contribution in [0.25, 0.3) is 11.3 Å². The van der Waals surface area contributed by atoms with Crippen molar-refractivity contribution in [2.75, 3.05) is 44.9 Å². The summed E-state index contributed by atoms with van der Waals surface area (Å²) in [4.78, 5) is 29.4. The molecule has 0 fully saturated rings. The SMILES string of the molecule is CN(C)CCCN(C)C(=O)Cc1ccc(NC(=C2C(=O)Nc3cc(F)ccc32)c2ccccc2)cc1. The molecule has 0 saturated carbocycles. The fourth-order valence-electron chi connectivity index (χ4n) is 4.19. The number of benzene rings is 3. The third-order valence-electron chi connectivity index (χ3n) is 6.14. The fourth-order valence-corrected chi connectivity index (χ4v) is 4.19. The van der Waals surface area contributed by atoms with Gasteiger partial charge in [0, 0.05) is 24.8 Å². The number of hydrogen-bond donors (Lipinski definition) is 2. The summed E-state index contributed by atoms with van der Waals surface area (Å²) >= 11 is 0. The van der Waals surface area contributed by atoms with Crippen LogP contribution in [0, 0.1) is 5.82 Å². The van der Waals surface area contributed by atoms with E-state index in [1.807, 2.05) is 75.7 Å². The molecule has 0 atom stereocenters. The Bertz CT molecular complexity index is 1270. The van der Waals surface area contributed by atoms with Crippen molar-refractivity contribution in [2.45, 2.75) is 12.8 Å². The standard InChI is InChI=1S/C29H31FN4O2/c1-33(2)16-7-17-34(3)26(35)18-20-10-13-23(14-11-20)31-28(21-8-5-4-6-9-21)27-24-15-12-22(30)19-25(24)32-29(27)36/h4-6,8-15,19,31H,7,16-18H2,1-3H3,(H,32,36). The van der Waals surface area contributed by atoms with Gasteiger partial charge in [-0.1, -0.05) is 42.5 Å². The fraction of sp³-hybridized carbons (Fsp3) is 0.241. The van der Waals surface area contributed by atoms with Gasteiger partial charge in [-0.05, 0) is 68.5 Å². The Morgan fingerprint density at radius 2 is 1.67 bits per heavy atom. The van der Waals surface area contributed by atoms with Crippen LogP contribution in [0.4, 0.5) is 15.8 Å². The molecule has 1 aliphatic rings. The van der Waals surface area contributed by atoms with Crippen LogP contribution >= 0.6 is 0 Å². The molecule has 3 aromatic rings. The highest BCUT2D eigenvalue weighted by Gasteiger charge is 2.28. The minimum atomic E-state index is -0.405. The first-order valence-electron chi connectivity index (χ1n) is 12.0. The molecule has 1 heterocycles. The normalized spacial score (nSPS) is 13.9. The number of nitrogens with one attached hydrogen (secondary N) is 2. The molecule has 0 saturated heterocycles. The minimum Gasteiger partial charge on any atom is -0.354 e. The smallest absolute Gasteiger partial charge is 0.258 e. The van der Waals surface area contributed by atoms with Crippen molar-refractivity contribution in [3.8, 4) is 0 Å². The van der Waals surface area contributed by atoms with Crippen LogP contribution in [-0.2, 0) is 16.0 Å². The summed E-state index contributed by atoms with van der Waals surface area (Å²) in [5.74, 6) is -0.618. The highest BCUT2D eigenvalue weighted by molar-refractivity contribution is 6.37. The van der Waals surface area contributed by atoms with Crippen LogP contribution in [0.1, 0.15) is 23.1 Å². The van der Waals surface area contributed by atoms with Gasteiger partial charge in [0.2, 0.25) is 5.91 Å². The lowest BCUT2D eigenvalue weighted by atomic mass is 10.00. The van der Waals surface area contributed by atoms with Crippen molar-refractivity contribution < 1.29 is 14.0 Å². The molecular weight excluding hydrogens is 455 g/mol. The van der Waals surface area contributed by atoms with Crippen molar-refractivity contribution in [1.29, 1.82) is 0 Å². The summed E-state index contributed by atoms with van der Waals surface area (Å²) in [6, 6.07) is 21.5. The predicted octanol–water partition coefficient (Wildman–Crippen LogP) is 4.71. The number of amides is 2. The molecule has 0 aliphatic carbocycles. The zero-order valence-electron chi connectivity index (χ0n) is 20.8. The average molecular weight is 487 g/mol. The number of anilines is 2. The van der Waals surface area contributed by atoms with Crippen molar-refractivity contribution in [1.82, 2.24) is 9.80 Å². The maximum absolute atomic E-state index is 13.7. The zero-order valence-corrected chi connectivity index (χ0v) is 20.8. The Balaban J connectivity index is 1.55. The van der Waals surface area contributed by atoms with E-state index < -0.39 is 5.82 Å². The van der Waals surface area contributed by atoms with Crippen LogP contribution in [0.15, 0.2) is 72.8 Å². The van der Waals surface area contributed by atoms with E-state index >= 15 is 0 Å². The number of fused-ring (bicyclic) bond motifs is 1. The summed E-state index contributed by atoms with van der Waals surface area (Å²) in [5.41, 5.74) is 4.70. The molecule has 0 unspecified atom stereocenters. The molecule has 7 heteroatoms. The molecule has 2 amide bonds. The Labute approximate surface area is 211 Å². The van der Waals surface area contributed by atoms with E-state index in [1.54, 1.807) is 11.0 Å². The van der Waals surface area contributed by atoms with Gasteiger partial charge < -0.3 is 20.4 Å². The first-order chi connectivity index (χ1) is 17.3. The van der Waals surface area contributed by atoms with Crippen molar-refractivity contribution >= 4 is 34.5 Å². The molecule has 0 aromatic heterocycles. The van der Waals surface area contributed by atoms with E-state index in [2.05, 4.69) is 15.5 Å². The lowest BCUT2D eigenvalue weighted by molar-refractivity contribution is -0.129. The number of halogens is 1. The number of nitrogens with zero attached hydrogens (tertiary/aromatic N) is 2. The zero-order chi connectivity index (χ0) is 25.7. The van der Waals surface area contributed by atoms with Crippen LogP contribution in [-0.4, -0.2) is 55.8 Å². The molecule has 0 bridgehead atoms. The topological polar surface area (TPSA) is 64.7 Å². The Morgan fingerprint density at radius 1 is 0.944 bits per heavy atom. The van der Waals surface area contributed by atoms with Gasteiger partial charge in [0.05, 0.1) is 23.4 Å². The third-order valence-corrected chi connectivity index (χ3v) is 6.14. The summed E-state index contributed by atoms with van der Waals surface area (Å²) in [7, 11) is 5.88. The molecule has 1 aliphatic heterocycles. The van der Waals surface area contributed by atoms with Crippen LogP contribution in [0.3, 0.4) is 0 Å². The maximum Gasteiger partial charge on any atom is 0.258 e. The number of rotatable bonds is 9. The van der Waals surface area contributed by atoms with Crippen molar-refractivity contribution in [2.24, 2.45) is 0 Å². The van der Waals surface area contributed by atoms with Gasteiger partial charge >= 0.3 is 0 Å². The van der Waals surface area contributed by atoms with Crippen LogP contribution in [0.5, 0.6) is 0 Å². The molecular formula is C29H31FN4O2. The largest absolute Gasteiger partial charge is 0.354 e. The van der Waals surface area contributed by atoms with Gasteiger partial charge in [0.1, 0.15) is 5.82 Å². The first kappa shape index (κ1) is 25.1. The molecule has 186 valence electrons. The number of carbonyl (C=O) groups excluding carboxylic acids is 2. The van der Waals surface area contributed by atoms with E-state index in [1.165, 1.54) is 12.1 Å². The average Bonchev–Trinajstić information content (AvgIpc) is 3.18. The predicted molar refractivity (Wildman–Crippen MR) is 143 cm³/mol. The Kier molecular flexibility index (Phi) is 7.80. The monoisotopic (exact) mass is 486 g/mol. The highest BCUT2D eigenvalue weighted by atomic mass is 19.1. The van der Waals surface area contributed by atoms with Gasteiger partial charge in [-0.15, -0.1) is 0 Å². The van der Waals surface area contributed by atoms with E-state index in [-0.39, 0.29) is 11.8 Å². The lowest BCUT2D eigenvalue weighted by Gasteiger charge is -2.19. The number of hydrogen-bond acceptors (Lipinski definition) is 4. The van der Waals surface area contributed by atoms with E-state index in [4.69, 9.17) is 0 Å². The van der Waals surface area contributed by atoms with Crippen molar-refractivity contribution in [3.63, 3.8) is 0 Å². The minimum absolute atomic E-state index is 0.0769. The molecule has 3 aromatic carbocycles. The number of carbonyl (C=O) groups is 2. The van der Waals surface area contributed by atoms with Gasteiger partial charge in [-0.3, -0.25) is 9.59 Å². The second-order valence-electron chi connectivity index (χ2n) is 9.23. The summed E-state index contributed by atoms with van der Waals surface area (Å²) in [6.07, 6.45) is 1.26. The van der Waals surface area contributed by atoms with Crippen molar-refractivity contribution in [3.05, 3.63) is 95.3 Å². The van der Waals surface area contributed by atoms with Crippen LogP contribution < -0.4 is 10.6 Å². The second-order valence-corrected chi connectivity index (χ2v) is 9.23. The van der Waals surface area contributed by atoms with Crippen LogP contribution in [0.2, 0.25) is 0 Å². The summed E-state index contributed by atoms with van der Waals surface area (Å²) in [6.45, 7) is 1.66. The summed E-state index contributed by atoms with van der Waals surface area (Å²) in [5, 5.41) is 6.15. The third kappa shape index (κ3) is 5.98. The van der Waals surface area contributed by atoms with E-state index in [9.17, 15) is 14.0 Å². The van der Waals surface area contributed by atoms with Gasteiger partial charge in [0.25, 0.3) is 5.91 Å². The lowest BCUT2D eigenvalue weighted by Crippen LogP contribution is -2.30. The molecule has 0 spiro atoms. The molecule has 36 heavy (non-hydrogen) atoms. The quantitative estimate of drug-likeness (QED) is 0.430. The molecule has 4 rings (SSSR count). The van der Waals surface area contributed by atoms with Gasteiger partial charge in [-0.25, -0.2) is 4.39 Å². The number of likely N-dealkylation sites (N-methyl/N-ethyl adjacent to an activating group) is 1. The maximum atomic E-state index is 13.7. The Hall–Kier alpha value is -3.97. The van der Waals surface area contributed by atoms with Gasteiger partial charge in [0.15, 0.2) is 0 Å². The van der Waals surface area contributed by atoms with E-state index in [0.717, 1.165) is 36.3 Å². The Morgan fingerprint density at radius 3 is 2.36 bits per heavy atom. The molecule has 6 nitrogen and oxygen atoms in total. The molecule has 2 N–H and O–H groups in total. The van der Waals surface area contributed by atoms with Gasteiger partial charge in [-0.2, -0.15) is 0 Å². The first-order valence-corrected chi connectivity index (χ1v) is 12.0. The highest BCUT2D eigenvalue weighted by Crippen LogP contribution is 2.37. The summed E-state index contributed by atoms with van der Waals surface area (Å²) < 4.78 is 13.7.